The highest BCUT2D eigenvalue weighted by Crippen LogP contribution is 2.28. The Labute approximate surface area is 125 Å². The lowest BCUT2D eigenvalue weighted by atomic mass is 10.0. The third-order valence-corrected chi connectivity index (χ3v) is 5.23. The van der Waals surface area contributed by atoms with Gasteiger partial charge < -0.3 is 4.74 Å². The van der Waals surface area contributed by atoms with Crippen molar-refractivity contribution in [2.24, 2.45) is 5.92 Å². The van der Waals surface area contributed by atoms with Crippen molar-refractivity contribution in [3.63, 3.8) is 0 Å². The average Bonchev–Trinajstić information content (AvgIpc) is 2.98. The molecule has 0 aliphatic heterocycles. The van der Waals surface area contributed by atoms with Crippen molar-refractivity contribution < 1.29 is 17.9 Å². The van der Waals surface area contributed by atoms with Gasteiger partial charge in [-0.2, -0.15) is 0 Å². The molecule has 5 nitrogen and oxygen atoms in total. The molecule has 6 heteroatoms. The Morgan fingerprint density at radius 2 is 2.05 bits per heavy atom. The Balaban J connectivity index is 1.94. The minimum Gasteiger partial charge on any atom is -0.497 e. The number of hydrogen-bond acceptors (Lipinski definition) is 4. The molecule has 116 valence electrons. The van der Waals surface area contributed by atoms with Crippen molar-refractivity contribution in [2.75, 3.05) is 7.11 Å². The molecule has 0 saturated heterocycles. The van der Waals surface area contributed by atoms with Crippen LogP contribution < -0.4 is 9.46 Å². The average molecular weight is 311 g/mol. The van der Waals surface area contributed by atoms with E-state index in [1.165, 1.54) is 32.1 Å². The molecule has 0 bridgehead atoms. The lowest BCUT2D eigenvalue weighted by Crippen LogP contribution is -2.30. The molecule has 1 N–H and O–H groups in total. The molecule has 1 amide bonds. The number of carbonyl (C=O) groups is 1. The Morgan fingerprint density at radius 1 is 1.33 bits per heavy atom. The van der Waals surface area contributed by atoms with Crippen LogP contribution in [0, 0.1) is 5.92 Å². The van der Waals surface area contributed by atoms with E-state index >= 15 is 0 Å². The van der Waals surface area contributed by atoms with E-state index in [2.05, 4.69) is 4.72 Å². The Kier molecular flexibility index (Phi) is 5.22. The van der Waals surface area contributed by atoms with Gasteiger partial charge in [-0.3, -0.25) is 4.79 Å². The maximum Gasteiger partial charge on any atom is 0.264 e. The molecule has 2 rings (SSSR count). The standard InChI is InChI=1S/C15H21NO4S/c1-20-13-7-4-8-14(11-13)21(18,19)16-15(17)10-9-12-5-2-3-6-12/h4,7-8,11-12H,2-3,5-6,9-10H2,1H3,(H,16,17). The number of carbonyl (C=O) groups excluding carboxylic acids is 1. The largest absolute Gasteiger partial charge is 0.497 e. The maximum atomic E-state index is 12.1. The Morgan fingerprint density at radius 3 is 2.71 bits per heavy atom. The normalized spacial score (nSPS) is 15.9. The van der Waals surface area contributed by atoms with Crippen LogP contribution in [0.4, 0.5) is 0 Å². The summed E-state index contributed by atoms with van der Waals surface area (Å²) in [5.74, 6) is 0.566. The molecule has 1 saturated carbocycles. The van der Waals surface area contributed by atoms with Gasteiger partial charge in [0.1, 0.15) is 5.75 Å². The first-order chi connectivity index (χ1) is 10.0. The van der Waals surface area contributed by atoms with Gasteiger partial charge in [0.2, 0.25) is 5.91 Å². The third-order valence-electron chi connectivity index (χ3n) is 3.85. The topological polar surface area (TPSA) is 72.5 Å². The van der Waals surface area contributed by atoms with Crippen LogP contribution in [0.25, 0.3) is 0 Å². The van der Waals surface area contributed by atoms with Crippen molar-refractivity contribution in [3.8, 4) is 5.75 Å². The van der Waals surface area contributed by atoms with Gasteiger partial charge in [-0.1, -0.05) is 31.7 Å². The number of benzene rings is 1. The van der Waals surface area contributed by atoms with E-state index in [1.54, 1.807) is 12.1 Å². The van der Waals surface area contributed by atoms with E-state index in [9.17, 15) is 13.2 Å². The molecule has 21 heavy (non-hydrogen) atoms. The van der Waals surface area contributed by atoms with Crippen molar-refractivity contribution in [2.45, 2.75) is 43.4 Å². The van der Waals surface area contributed by atoms with Gasteiger partial charge in [-0.15, -0.1) is 0 Å². The van der Waals surface area contributed by atoms with Crippen LogP contribution in [0.5, 0.6) is 5.75 Å². The summed E-state index contributed by atoms with van der Waals surface area (Å²) < 4.78 is 31.4. The summed E-state index contributed by atoms with van der Waals surface area (Å²) in [7, 11) is -2.35. The first-order valence-corrected chi connectivity index (χ1v) is 8.69. The quantitative estimate of drug-likeness (QED) is 0.876. The molecule has 0 spiro atoms. The second kappa shape index (κ2) is 6.93. The van der Waals surface area contributed by atoms with Gasteiger partial charge >= 0.3 is 0 Å². The highest BCUT2D eigenvalue weighted by molar-refractivity contribution is 7.90. The van der Waals surface area contributed by atoms with E-state index in [0.717, 1.165) is 19.3 Å². The van der Waals surface area contributed by atoms with E-state index in [4.69, 9.17) is 4.74 Å². The fourth-order valence-electron chi connectivity index (χ4n) is 2.66. The van der Waals surface area contributed by atoms with E-state index in [0.29, 0.717) is 11.7 Å². The molecule has 0 aromatic heterocycles. The highest BCUT2D eigenvalue weighted by Gasteiger charge is 2.20. The van der Waals surface area contributed by atoms with Crippen LogP contribution in [0.1, 0.15) is 38.5 Å². The van der Waals surface area contributed by atoms with Gasteiger partial charge in [0.25, 0.3) is 10.0 Å². The number of ether oxygens (including phenoxy) is 1. The first kappa shape index (κ1) is 15.8. The maximum absolute atomic E-state index is 12.1. The fraction of sp³-hybridized carbons (Fsp3) is 0.533. The van der Waals surface area contributed by atoms with Crippen LogP contribution >= 0.6 is 0 Å². The first-order valence-electron chi connectivity index (χ1n) is 7.21. The zero-order valence-corrected chi connectivity index (χ0v) is 13.0. The van der Waals surface area contributed by atoms with Crippen LogP contribution in [-0.2, 0) is 14.8 Å². The second-order valence-electron chi connectivity index (χ2n) is 5.40. The molecular formula is C15H21NO4S. The van der Waals surface area contributed by atoms with Gasteiger partial charge in [0.05, 0.1) is 12.0 Å². The molecular weight excluding hydrogens is 290 g/mol. The predicted octanol–water partition coefficient (Wildman–Crippen LogP) is 2.47. The summed E-state index contributed by atoms with van der Waals surface area (Å²) in [5.41, 5.74) is 0. The zero-order valence-electron chi connectivity index (χ0n) is 12.2. The van der Waals surface area contributed by atoms with Crippen LogP contribution in [0.2, 0.25) is 0 Å². The summed E-state index contributed by atoms with van der Waals surface area (Å²) in [6.45, 7) is 0. The van der Waals surface area contributed by atoms with Crippen LogP contribution in [0.3, 0.4) is 0 Å². The minimum atomic E-state index is -3.82. The number of sulfonamides is 1. The molecule has 1 aliphatic carbocycles. The monoisotopic (exact) mass is 311 g/mol. The van der Waals surface area contributed by atoms with E-state index in [1.807, 2.05) is 0 Å². The van der Waals surface area contributed by atoms with Crippen molar-refractivity contribution >= 4 is 15.9 Å². The van der Waals surface area contributed by atoms with E-state index < -0.39 is 15.9 Å². The molecule has 0 heterocycles. The molecule has 0 atom stereocenters. The second-order valence-corrected chi connectivity index (χ2v) is 7.08. The molecule has 1 aromatic rings. The van der Waals surface area contributed by atoms with E-state index in [-0.39, 0.29) is 11.3 Å². The van der Waals surface area contributed by atoms with Gasteiger partial charge in [-0.05, 0) is 24.5 Å². The smallest absolute Gasteiger partial charge is 0.264 e. The summed E-state index contributed by atoms with van der Waals surface area (Å²) >= 11 is 0. The number of methoxy groups -OCH3 is 1. The van der Waals surface area contributed by atoms with Gasteiger partial charge in [-0.25, -0.2) is 13.1 Å². The predicted molar refractivity (Wildman–Crippen MR) is 79.5 cm³/mol. The molecule has 1 aromatic carbocycles. The van der Waals surface area contributed by atoms with Crippen LogP contribution in [-0.4, -0.2) is 21.4 Å². The number of amides is 1. The summed E-state index contributed by atoms with van der Waals surface area (Å²) in [5, 5.41) is 0. The molecule has 1 aliphatic rings. The van der Waals surface area contributed by atoms with Crippen molar-refractivity contribution in [1.29, 1.82) is 0 Å². The van der Waals surface area contributed by atoms with Crippen molar-refractivity contribution in [1.82, 2.24) is 4.72 Å². The van der Waals surface area contributed by atoms with Gasteiger partial charge in [0.15, 0.2) is 0 Å². The summed E-state index contributed by atoms with van der Waals surface area (Å²) in [6.07, 6.45) is 5.75. The third kappa shape index (κ3) is 4.46. The summed E-state index contributed by atoms with van der Waals surface area (Å²) in [6, 6.07) is 6.07. The lowest BCUT2D eigenvalue weighted by molar-refractivity contribution is -0.119. The number of hydrogen-bond donors (Lipinski definition) is 1. The van der Waals surface area contributed by atoms with Crippen LogP contribution in [0.15, 0.2) is 29.2 Å². The van der Waals surface area contributed by atoms with Gasteiger partial charge in [0, 0.05) is 12.5 Å². The zero-order chi connectivity index (χ0) is 15.3. The lowest BCUT2D eigenvalue weighted by Gasteiger charge is -2.10. The SMILES string of the molecule is COc1cccc(S(=O)(=O)NC(=O)CCC2CCCC2)c1. The Bertz CT molecular complexity index is 591. The number of nitrogens with one attached hydrogen (secondary N) is 1. The summed E-state index contributed by atoms with van der Waals surface area (Å²) in [4.78, 5) is 11.9. The Hall–Kier alpha value is -1.56. The number of rotatable bonds is 6. The molecule has 0 unspecified atom stereocenters. The highest BCUT2D eigenvalue weighted by atomic mass is 32.2. The molecule has 1 fully saturated rings. The molecule has 0 radical (unpaired) electrons. The van der Waals surface area contributed by atoms with Crippen molar-refractivity contribution in [3.05, 3.63) is 24.3 Å². The minimum absolute atomic E-state index is 0.0380. The fourth-order valence-corrected chi connectivity index (χ4v) is 3.71.